The van der Waals surface area contributed by atoms with Crippen LogP contribution in [0.4, 0.5) is 5.82 Å². The number of carbonyl (C=O) groups is 1. The highest BCUT2D eigenvalue weighted by Crippen LogP contribution is 2.32. The van der Waals surface area contributed by atoms with Crippen LogP contribution in [0.3, 0.4) is 0 Å². The van der Waals surface area contributed by atoms with Crippen LogP contribution in [-0.2, 0) is 4.79 Å². The van der Waals surface area contributed by atoms with Gasteiger partial charge in [-0.05, 0) is 37.0 Å². The summed E-state index contributed by atoms with van der Waals surface area (Å²) in [6, 6.07) is 9.90. The van der Waals surface area contributed by atoms with Gasteiger partial charge in [-0.15, -0.1) is 0 Å². The second-order valence-corrected chi connectivity index (χ2v) is 5.59. The lowest BCUT2D eigenvalue weighted by Crippen LogP contribution is -2.22. The Morgan fingerprint density at radius 3 is 2.90 bits per heavy atom. The van der Waals surface area contributed by atoms with Crippen LogP contribution < -0.4 is 4.90 Å². The summed E-state index contributed by atoms with van der Waals surface area (Å²) in [6.45, 7) is 0.971. The van der Waals surface area contributed by atoms with E-state index >= 15 is 0 Å². The summed E-state index contributed by atoms with van der Waals surface area (Å²) >= 11 is 0. The Labute approximate surface area is 123 Å². The van der Waals surface area contributed by atoms with E-state index in [1.165, 1.54) is 18.9 Å². The largest absolute Gasteiger partial charge is 0.478 e. The number of anilines is 1. The van der Waals surface area contributed by atoms with E-state index in [0.717, 1.165) is 34.7 Å². The van der Waals surface area contributed by atoms with Crippen LogP contribution in [0.1, 0.15) is 18.4 Å². The molecule has 4 nitrogen and oxygen atoms in total. The molecule has 0 spiro atoms. The third kappa shape index (κ3) is 3.21. The average molecular weight is 282 g/mol. The first-order valence-corrected chi connectivity index (χ1v) is 7.15. The highest BCUT2D eigenvalue weighted by Gasteiger charge is 2.24. The van der Waals surface area contributed by atoms with Crippen molar-refractivity contribution in [2.75, 3.05) is 18.5 Å². The number of para-hydroxylation sites is 1. The molecule has 0 amide bonds. The fraction of sp³-hybridized carbons (Fsp3) is 0.294. The van der Waals surface area contributed by atoms with Gasteiger partial charge < -0.3 is 10.0 Å². The Morgan fingerprint density at radius 2 is 2.19 bits per heavy atom. The Balaban J connectivity index is 2.04. The van der Waals surface area contributed by atoms with Crippen LogP contribution in [0.15, 0.2) is 36.4 Å². The minimum absolute atomic E-state index is 0.750. The molecule has 4 heteroatoms. The molecule has 0 aliphatic heterocycles. The normalized spacial score (nSPS) is 14.7. The third-order valence-corrected chi connectivity index (χ3v) is 3.73. The lowest BCUT2D eigenvalue weighted by Gasteiger charge is -2.20. The summed E-state index contributed by atoms with van der Waals surface area (Å²) in [5.41, 5.74) is 1.78. The number of hydrogen-bond acceptors (Lipinski definition) is 3. The molecule has 3 rings (SSSR count). The molecular weight excluding hydrogens is 264 g/mol. The number of fused-ring (bicyclic) bond motifs is 1. The lowest BCUT2D eigenvalue weighted by molar-refractivity contribution is -0.131. The predicted molar refractivity (Wildman–Crippen MR) is 84.4 cm³/mol. The quantitative estimate of drug-likeness (QED) is 0.856. The molecule has 0 atom stereocenters. The lowest BCUT2D eigenvalue weighted by atomic mass is 10.1. The smallest absolute Gasteiger partial charge is 0.328 e. The molecule has 0 unspecified atom stereocenters. The van der Waals surface area contributed by atoms with Crippen molar-refractivity contribution in [2.45, 2.75) is 12.8 Å². The highest BCUT2D eigenvalue weighted by atomic mass is 16.4. The molecule has 108 valence electrons. The average Bonchev–Trinajstić information content (AvgIpc) is 3.28. The SMILES string of the molecule is CN(CC1CC1)c1nc2ccccc2cc1C=CC(=O)O. The Bertz CT molecular complexity index is 705. The summed E-state index contributed by atoms with van der Waals surface area (Å²) in [5, 5.41) is 9.87. The van der Waals surface area contributed by atoms with Gasteiger partial charge in [-0.3, -0.25) is 0 Å². The standard InChI is InChI=1S/C17H18N2O2/c1-19(11-12-6-7-12)17-14(8-9-16(20)21)10-13-4-2-3-5-15(13)18-17/h2-5,8-10,12H,6-7,11H2,1H3,(H,20,21). The number of carboxylic acids is 1. The maximum absolute atomic E-state index is 10.8. The number of aromatic nitrogens is 1. The number of rotatable bonds is 5. The second-order valence-electron chi connectivity index (χ2n) is 5.59. The van der Waals surface area contributed by atoms with Crippen LogP contribution in [0.2, 0.25) is 0 Å². The number of carboxylic acid groups (broad SMARTS) is 1. The number of aliphatic carboxylic acids is 1. The van der Waals surface area contributed by atoms with Gasteiger partial charge in [-0.25, -0.2) is 9.78 Å². The summed E-state index contributed by atoms with van der Waals surface area (Å²) in [5.74, 6) is 0.650. The van der Waals surface area contributed by atoms with Crippen molar-refractivity contribution in [3.63, 3.8) is 0 Å². The van der Waals surface area contributed by atoms with Gasteiger partial charge in [0.05, 0.1) is 5.52 Å². The Kier molecular flexibility index (Phi) is 3.60. The minimum Gasteiger partial charge on any atom is -0.478 e. The first-order chi connectivity index (χ1) is 10.1. The van der Waals surface area contributed by atoms with Crippen molar-refractivity contribution < 1.29 is 9.90 Å². The van der Waals surface area contributed by atoms with Gasteiger partial charge in [0, 0.05) is 30.6 Å². The monoisotopic (exact) mass is 282 g/mol. The van der Waals surface area contributed by atoms with Crippen LogP contribution in [-0.4, -0.2) is 29.7 Å². The van der Waals surface area contributed by atoms with E-state index in [1.807, 2.05) is 37.4 Å². The van der Waals surface area contributed by atoms with Crippen molar-refractivity contribution in [3.05, 3.63) is 42.0 Å². The summed E-state index contributed by atoms with van der Waals surface area (Å²) in [7, 11) is 2.02. The molecule has 21 heavy (non-hydrogen) atoms. The van der Waals surface area contributed by atoms with Gasteiger partial charge in [0.25, 0.3) is 0 Å². The molecule has 1 aromatic heterocycles. The molecule has 0 bridgehead atoms. The zero-order valence-corrected chi connectivity index (χ0v) is 12.0. The number of nitrogens with zero attached hydrogens (tertiary/aromatic N) is 2. The van der Waals surface area contributed by atoms with Gasteiger partial charge in [0.2, 0.25) is 0 Å². The van der Waals surface area contributed by atoms with Crippen molar-refractivity contribution in [2.24, 2.45) is 5.92 Å². The molecule has 1 aliphatic carbocycles. The molecule has 1 aromatic carbocycles. The topological polar surface area (TPSA) is 53.4 Å². The summed E-state index contributed by atoms with van der Waals surface area (Å²) < 4.78 is 0. The van der Waals surface area contributed by atoms with E-state index < -0.39 is 5.97 Å². The summed E-state index contributed by atoms with van der Waals surface area (Å²) in [4.78, 5) is 17.6. The van der Waals surface area contributed by atoms with E-state index in [0.29, 0.717) is 0 Å². The van der Waals surface area contributed by atoms with Gasteiger partial charge in [0.15, 0.2) is 0 Å². The Morgan fingerprint density at radius 1 is 1.43 bits per heavy atom. The van der Waals surface area contributed by atoms with E-state index in [4.69, 9.17) is 10.1 Å². The number of hydrogen-bond donors (Lipinski definition) is 1. The molecule has 0 radical (unpaired) electrons. The molecule has 1 aliphatic rings. The molecule has 1 fully saturated rings. The van der Waals surface area contributed by atoms with Gasteiger partial charge in [0.1, 0.15) is 5.82 Å². The van der Waals surface area contributed by atoms with Crippen molar-refractivity contribution in [1.29, 1.82) is 0 Å². The van der Waals surface area contributed by atoms with E-state index in [-0.39, 0.29) is 0 Å². The van der Waals surface area contributed by atoms with Crippen LogP contribution in [0.25, 0.3) is 17.0 Å². The van der Waals surface area contributed by atoms with Crippen molar-refractivity contribution >= 4 is 28.8 Å². The van der Waals surface area contributed by atoms with Gasteiger partial charge in [-0.2, -0.15) is 0 Å². The second kappa shape index (κ2) is 5.56. The van der Waals surface area contributed by atoms with Gasteiger partial charge in [-0.1, -0.05) is 18.2 Å². The zero-order chi connectivity index (χ0) is 14.8. The zero-order valence-electron chi connectivity index (χ0n) is 12.0. The number of benzene rings is 1. The minimum atomic E-state index is -0.945. The number of pyridine rings is 1. The van der Waals surface area contributed by atoms with Crippen molar-refractivity contribution in [3.8, 4) is 0 Å². The van der Waals surface area contributed by atoms with E-state index in [1.54, 1.807) is 6.08 Å². The molecule has 2 aromatic rings. The molecule has 1 N–H and O–H groups in total. The fourth-order valence-electron chi connectivity index (χ4n) is 2.49. The van der Waals surface area contributed by atoms with Crippen molar-refractivity contribution in [1.82, 2.24) is 4.98 Å². The Hall–Kier alpha value is -2.36. The summed E-state index contributed by atoms with van der Waals surface area (Å²) in [6.07, 6.45) is 5.34. The van der Waals surface area contributed by atoms with Crippen LogP contribution >= 0.6 is 0 Å². The van der Waals surface area contributed by atoms with E-state index in [2.05, 4.69) is 4.90 Å². The van der Waals surface area contributed by atoms with E-state index in [9.17, 15) is 4.79 Å². The predicted octanol–water partition coefficient (Wildman–Crippen LogP) is 3.18. The molecule has 1 heterocycles. The first-order valence-electron chi connectivity index (χ1n) is 7.15. The molecule has 1 saturated carbocycles. The maximum atomic E-state index is 10.8. The fourth-order valence-corrected chi connectivity index (χ4v) is 2.49. The highest BCUT2D eigenvalue weighted by molar-refractivity contribution is 5.90. The van der Waals surface area contributed by atoms with Gasteiger partial charge >= 0.3 is 5.97 Å². The third-order valence-electron chi connectivity index (χ3n) is 3.73. The maximum Gasteiger partial charge on any atom is 0.328 e. The molecular formula is C17H18N2O2. The first kappa shape index (κ1) is 13.6. The van der Waals surface area contributed by atoms with Crippen LogP contribution in [0.5, 0.6) is 0 Å². The molecule has 0 saturated heterocycles. The van der Waals surface area contributed by atoms with Crippen LogP contribution in [0, 0.1) is 5.92 Å².